The average Bonchev–Trinajstić information content (AvgIpc) is 2.50. The lowest BCUT2D eigenvalue weighted by Gasteiger charge is -2.05. The van der Waals surface area contributed by atoms with Crippen molar-refractivity contribution in [2.24, 2.45) is 5.10 Å². The standard InChI is InChI=1S/C16H15ClN2O3/c1-11-2-7-15(20)12(8-11)9-18-19-16(21)10-22-14-5-3-13(17)4-6-14/h2-9,20H,10H2,1H3,(H,19,21)/b18-9+. The van der Waals surface area contributed by atoms with E-state index in [1.54, 1.807) is 42.5 Å². The van der Waals surface area contributed by atoms with E-state index in [0.717, 1.165) is 5.56 Å². The molecule has 0 radical (unpaired) electrons. The largest absolute Gasteiger partial charge is 0.507 e. The van der Waals surface area contributed by atoms with Gasteiger partial charge in [-0.05, 0) is 43.3 Å². The van der Waals surface area contributed by atoms with E-state index in [9.17, 15) is 9.90 Å². The van der Waals surface area contributed by atoms with Gasteiger partial charge >= 0.3 is 0 Å². The van der Waals surface area contributed by atoms with E-state index in [0.29, 0.717) is 16.3 Å². The van der Waals surface area contributed by atoms with Crippen molar-refractivity contribution in [1.82, 2.24) is 5.43 Å². The number of benzene rings is 2. The van der Waals surface area contributed by atoms with Crippen LogP contribution >= 0.6 is 11.6 Å². The van der Waals surface area contributed by atoms with Crippen LogP contribution in [-0.4, -0.2) is 23.8 Å². The molecule has 2 aromatic rings. The average molecular weight is 319 g/mol. The Balaban J connectivity index is 1.83. The van der Waals surface area contributed by atoms with Gasteiger partial charge in [0.25, 0.3) is 5.91 Å². The quantitative estimate of drug-likeness (QED) is 0.658. The molecule has 0 fully saturated rings. The second-order valence-electron chi connectivity index (χ2n) is 4.60. The molecule has 6 heteroatoms. The van der Waals surface area contributed by atoms with Crippen molar-refractivity contribution in [2.45, 2.75) is 6.92 Å². The summed E-state index contributed by atoms with van der Waals surface area (Å²) in [5.41, 5.74) is 3.84. The summed E-state index contributed by atoms with van der Waals surface area (Å²) >= 11 is 5.75. The van der Waals surface area contributed by atoms with E-state index in [2.05, 4.69) is 10.5 Å². The summed E-state index contributed by atoms with van der Waals surface area (Å²) in [7, 11) is 0. The number of rotatable bonds is 5. The highest BCUT2D eigenvalue weighted by Crippen LogP contribution is 2.16. The molecular weight excluding hydrogens is 304 g/mol. The van der Waals surface area contributed by atoms with Crippen molar-refractivity contribution >= 4 is 23.7 Å². The molecule has 0 saturated heterocycles. The van der Waals surface area contributed by atoms with Crippen LogP contribution in [0.3, 0.4) is 0 Å². The molecule has 2 aromatic carbocycles. The number of ether oxygens (including phenoxy) is 1. The lowest BCUT2D eigenvalue weighted by Crippen LogP contribution is -2.24. The number of amides is 1. The molecule has 0 bridgehead atoms. The first-order chi connectivity index (χ1) is 10.5. The first kappa shape index (κ1) is 15.9. The molecule has 2 rings (SSSR count). The van der Waals surface area contributed by atoms with Gasteiger partial charge in [0.05, 0.1) is 6.21 Å². The van der Waals surface area contributed by atoms with Crippen molar-refractivity contribution in [1.29, 1.82) is 0 Å². The number of halogens is 1. The van der Waals surface area contributed by atoms with Crippen LogP contribution in [0.2, 0.25) is 5.02 Å². The molecule has 0 spiro atoms. The minimum Gasteiger partial charge on any atom is -0.507 e. The van der Waals surface area contributed by atoms with E-state index in [4.69, 9.17) is 16.3 Å². The molecule has 0 unspecified atom stereocenters. The lowest BCUT2D eigenvalue weighted by molar-refractivity contribution is -0.123. The molecule has 5 nitrogen and oxygen atoms in total. The van der Waals surface area contributed by atoms with Crippen LogP contribution in [0.5, 0.6) is 11.5 Å². The lowest BCUT2D eigenvalue weighted by atomic mass is 10.1. The number of hydrazone groups is 1. The van der Waals surface area contributed by atoms with Crippen molar-refractivity contribution in [3.63, 3.8) is 0 Å². The van der Waals surface area contributed by atoms with Crippen LogP contribution in [-0.2, 0) is 4.79 Å². The highest BCUT2D eigenvalue weighted by atomic mass is 35.5. The summed E-state index contributed by atoms with van der Waals surface area (Å²) in [5.74, 6) is 0.235. The predicted octanol–water partition coefficient (Wildman–Crippen LogP) is 2.88. The Morgan fingerprint density at radius 2 is 2.05 bits per heavy atom. The maximum absolute atomic E-state index is 11.6. The van der Waals surface area contributed by atoms with Crippen LogP contribution in [0.25, 0.3) is 0 Å². The van der Waals surface area contributed by atoms with E-state index < -0.39 is 5.91 Å². The Bertz CT molecular complexity index is 684. The number of carbonyl (C=O) groups excluding carboxylic acids is 1. The molecule has 1 amide bonds. The second-order valence-corrected chi connectivity index (χ2v) is 5.03. The molecule has 114 valence electrons. The Morgan fingerprint density at radius 1 is 1.32 bits per heavy atom. The van der Waals surface area contributed by atoms with Crippen LogP contribution in [0.1, 0.15) is 11.1 Å². The van der Waals surface area contributed by atoms with Crippen molar-refractivity contribution in [2.75, 3.05) is 6.61 Å². The molecule has 0 atom stereocenters. The molecule has 2 N–H and O–H groups in total. The van der Waals surface area contributed by atoms with Crippen molar-refractivity contribution in [3.8, 4) is 11.5 Å². The minimum atomic E-state index is -0.404. The number of aromatic hydroxyl groups is 1. The minimum absolute atomic E-state index is 0.0982. The first-order valence-corrected chi connectivity index (χ1v) is 6.92. The zero-order valence-electron chi connectivity index (χ0n) is 11.9. The molecule has 0 aliphatic rings. The molecule has 0 heterocycles. The molecule has 0 aliphatic heterocycles. The number of aryl methyl sites for hydroxylation is 1. The van der Waals surface area contributed by atoms with E-state index in [-0.39, 0.29) is 12.4 Å². The summed E-state index contributed by atoms with van der Waals surface area (Å²) in [6.45, 7) is 1.73. The van der Waals surface area contributed by atoms with E-state index in [1.165, 1.54) is 6.21 Å². The van der Waals surface area contributed by atoms with Gasteiger partial charge in [0.15, 0.2) is 6.61 Å². The third-order valence-corrected chi connectivity index (χ3v) is 3.01. The van der Waals surface area contributed by atoms with Crippen molar-refractivity contribution < 1.29 is 14.6 Å². The fourth-order valence-electron chi connectivity index (χ4n) is 1.66. The molecule has 22 heavy (non-hydrogen) atoms. The van der Waals surface area contributed by atoms with Crippen LogP contribution < -0.4 is 10.2 Å². The second kappa shape index (κ2) is 7.47. The topological polar surface area (TPSA) is 70.9 Å². The molecule has 0 aromatic heterocycles. The SMILES string of the molecule is Cc1ccc(O)c(/C=N/NC(=O)COc2ccc(Cl)cc2)c1. The third-order valence-electron chi connectivity index (χ3n) is 2.76. The molecule has 0 saturated carbocycles. The number of nitrogens with zero attached hydrogens (tertiary/aromatic N) is 1. The molecular formula is C16H15ClN2O3. The van der Waals surface area contributed by atoms with E-state index >= 15 is 0 Å². The summed E-state index contributed by atoms with van der Waals surface area (Å²) < 4.78 is 5.27. The van der Waals surface area contributed by atoms with Gasteiger partial charge in [-0.3, -0.25) is 4.79 Å². The summed E-state index contributed by atoms with van der Waals surface area (Å²) in [6.07, 6.45) is 1.38. The normalized spacial score (nSPS) is 10.6. The summed E-state index contributed by atoms with van der Waals surface area (Å²) in [4.78, 5) is 11.6. The van der Waals surface area contributed by atoms with Crippen molar-refractivity contribution in [3.05, 3.63) is 58.6 Å². The fourth-order valence-corrected chi connectivity index (χ4v) is 1.79. The van der Waals surface area contributed by atoms with Crippen LogP contribution in [0, 0.1) is 6.92 Å². The maximum atomic E-state index is 11.6. The highest BCUT2D eigenvalue weighted by Gasteiger charge is 2.02. The van der Waals surface area contributed by atoms with Gasteiger partial charge in [0.2, 0.25) is 0 Å². The fraction of sp³-hybridized carbons (Fsp3) is 0.125. The number of carbonyl (C=O) groups is 1. The number of nitrogens with one attached hydrogen (secondary N) is 1. The predicted molar refractivity (Wildman–Crippen MR) is 85.5 cm³/mol. The summed E-state index contributed by atoms with van der Waals surface area (Å²) in [5, 5.41) is 14.0. The Hall–Kier alpha value is -2.53. The summed E-state index contributed by atoms with van der Waals surface area (Å²) in [6, 6.07) is 11.8. The van der Waals surface area contributed by atoms with Gasteiger partial charge in [0, 0.05) is 10.6 Å². The van der Waals surface area contributed by atoms with E-state index in [1.807, 2.05) is 6.92 Å². The monoisotopic (exact) mass is 318 g/mol. The maximum Gasteiger partial charge on any atom is 0.277 e. The van der Waals surface area contributed by atoms with Crippen LogP contribution in [0.15, 0.2) is 47.6 Å². The van der Waals surface area contributed by atoms with Crippen LogP contribution in [0.4, 0.5) is 0 Å². The number of phenols is 1. The van der Waals surface area contributed by atoms with Gasteiger partial charge in [-0.25, -0.2) is 5.43 Å². The third kappa shape index (κ3) is 4.79. The van der Waals surface area contributed by atoms with Gasteiger partial charge in [-0.1, -0.05) is 23.2 Å². The Labute approximate surface area is 133 Å². The Kier molecular flexibility index (Phi) is 5.38. The molecule has 0 aliphatic carbocycles. The number of hydrogen-bond donors (Lipinski definition) is 2. The number of hydrogen-bond acceptors (Lipinski definition) is 4. The number of phenolic OH excluding ortho intramolecular Hbond substituents is 1. The zero-order chi connectivity index (χ0) is 15.9. The van der Waals surface area contributed by atoms with Gasteiger partial charge in [-0.15, -0.1) is 0 Å². The smallest absolute Gasteiger partial charge is 0.277 e. The van der Waals surface area contributed by atoms with Gasteiger partial charge in [-0.2, -0.15) is 5.10 Å². The van der Waals surface area contributed by atoms with Gasteiger partial charge in [0.1, 0.15) is 11.5 Å². The first-order valence-electron chi connectivity index (χ1n) is 6.54. The highest BCUT2D eigenvalue weighted by molar-refractivity contribution is 6.30. The zero-order valence-corrected chi connectivity index (χ0v) is 12.7. The Morgan fingerprint density at radius 3 is 2.77 bits per heavy atom. The van der Waals surface area contributed by atoms with Gasteiger partial charge < -0.3 is 9.84 Å².